The minimum Gasteiger partial charge on any atom is -0.396 e. The zero-order chi connectivity index (χ0) is 18.2. The smallest absolute Gasteiger partial charge is 0.243 e. The van der Waals surface area contributed by atoms with Crippen molar-refractivity contribution in [1.82, 2.24) is 14.1 Å². The van der Waals surface area contributed by atoms with Crippen LogP contribution >= 0.6 is 0 Å². The summed E-state index contributed by atoms with van der Waals surface area (Å²) in [5, 5.41) is 22.6. The van der Waals surface area contributed by atoms with Crippen molar-refractivity contribution in [3.63, 3.8) is 0 Å². The Morgan fingerprint density at radius 1 is 1.44 bits per heavy atom. The highest BCUT2D eigenvalue weighted by molar-refractivity contribution is 7.89. The number of sulfonamides is 1. The van der Waals surface area contributed by atoms with Gasteiger partial charge in [0.25, 0.3) is 0 Å². The number of rotatable bonds is 4. The number of nitriles is 1. The molecular weight excluding hydrogens is 347 g/mol. The molecule has 25 heavy (non-hydrogen) atoms. The summed E-state index contributed by atoms with van der Waals surface area (Å²) in [4.78, 5) is -0.131. The molecule has 1 aliphatic rings. The lowest BCUT2D eigenvalue weighted by Crippen LogP contribution is -2.29. The minimum atomic E-state index is -3.89. The van der Waals surface area contributed by atoms with Gasteiger partial charge in [0.05, 0.1) is 16.7 Å². The highest BCUT2D eigenvalue weighted by Crippen LogP contribution is 2.35. The van der Waals surface area contributed by atoms with E-state index in [0.717, 1.165) is 23.8 Å². The molecular formula is C16H17FN4O3S. The summed E-state index contributed by atoms with van der Waals surface area (Å²) in [5.41, 5.74) is 0.541. The highest BCUT2D eigenvalue weighted by Gasteiger charge is 2.40. The van der Waals surface area contributed by atoms with Crippen LogP contribution in [0.5, 0.6) is 0 Å². The molecule has 1 saturated heterocycles. The number of benzene rings is 1. The number of hydrogen-bond acceptors (Lipinski definition) is 5. The molecule has 3 rings (SSSR count). The van der Waals surface area contributed by atoms with Crippen LogP contribution in [0.3, 0.4) is 0 Å². The molecule has 7 nitrogen and oxygen atoms in total. The molecule has 132 valence electrons. The van der Waals surface area contributed by atoms with E-state index in [2.05, 4.69) is 5.10 Å². The van der Waals surface area contributed by atoms with Crippen LogP contribution in [0.15, 0.2) is 35.5 Å². The molecule has 0 unspecified atom stereocenters. The first-order chi connectivity index (χ1) is 11.9. The normalized spacial score (nSPS) is 21.4. The van der Waals surface area contributed by atoms with Crippen LogP contribution in [-0.4, -0.2) is 47.3 Å². The molecule has 0 aliphatic carbocycles. The van der Waals surface area contributed by atoms with Gasteiger partial charge in [-0.15, -0.1) is 0 Å². The quantitative estimate of drug-likeness (QED) is 0.866. The Bertz CT molecular complexity index is 935. The van der Waals surface area contributed by atoms with Gasteiger partial charge in [0.1, 0.15) is 11.9 Å². The van der Waals surface area contributed by atoms with E-state index in [9.17, 15) is 17.9 Å². The van der Waals surface area contributed by atoms with E-state index in [1.165, 1.54) is 4.31 Å². The van der Waals surface area contributed by atoms with Gasteiger partial charge in [-0.1, -0.05) is 0 Å². The summed E-state index contributed by atoms with van der Waals surface area (Å²) < 4.78 is 42.1. The van der Waals surface area contributed by atoms with Crippen molar-refractivity contribution in [2.24, 2.45) is 13.0 Å². The lowest BCUT2D eigenvalue weighted by molar-refractivity contribution is 0.223. The number of aryl methyl sites for hydroxylation is 1. The van der Waals surface area contributed by atoms with Crippen LogP contribution in [0.1, 0.15) is 17.0 Å². The maximum atomic E-state index is 13.5. The first kappa shape index (κ1) is 17.5. The zero-order valence-corrected chi connectivity index (χ0v) is 14.3. The van der Waals surface area contributed by atoms with Crippen LogP contribution in [0.4, 0.5) is 4.39 Å². The lowest BCUT2D eigenvalue weighted by atomic mass is 9.92. The van der Waals surface area contributed by atoms with E-state index < -0.39 is 15.8 Å². The van der Waals surface area contributed by atoms with Gasteiger partial charge in [0.15, 0.2) is 0 Å². The van der Waals surface area contributed by atoms with E-state index in [1.807, 2.05) is 0 Å². The summed E-state index contributed by atoms with van der Waals surface area (Å²) in [5.74, 6) is -1.19. The van der Waals surface area contributed by atoms with Crippen molar-refractivity contribution in [3.05, 3.63) is 47.5 Å². The van der Waals surface area contributed by atoms with Crippen LogP contribution in [0.2, 0.25) is 0 Å². The average molecular weight is 364 g/mol. The molecule has 2 atom stereocenters. The van der Waals surface area contributed by atoms with Gasteiger partial charge in [0.2, 0.25) is 10.0 Å². The largest absolute Gasteiger partial charge is 0.396 e. The van der Waals surface area contributed by atoms with Gasteiger partial charge >= 0.3 is 0 Å². The zero-order valence-electron chi connectivity index (χ0n) is 13.5. The van der Waals surface area contributed by atoms with E-state index in [4.69, 9.17) is 5.26 Å². The maximum absolute atomic E-state index is 13.5. The second-order valence-corrected chi connectivity index (χ2v) is 8.01. The molecule has 0 amide bonds. The lowest BCUT2D eigenvalue weighted by Gasteiger charge is -2.16. The number of aliphatic hydroxyl groups is 1. The first-order valence-electron chi connectivity index (χ1n) is 7.66. The predicted molar refractivity (Wildman–Crippen MR) is 86.4 cm³/mol. The monoisotopic (exact) mass is 364 g/mol. The third-order valence-electron chi connectivity index (χ3n) is 4.49. The SMILES string of the molecule is Cn1cc([C@@H]2CN(S(=O)(=O)c3ccc(F)c(C#N)c3)C[C@H]2CO)cn1. The van der Waals surface area contributed by atoms with E-state index in [0.29, 0.717) is 0 Å². The topological polar surface area (TPSA) is 99.2 Å². The molecule has 1 fully saturated rings. The molecule has 0 spiro atoms. The fraction of sp³-hybridized carbons (Fsp3) is 0.375. The fourth-order valence-corrected chi connectivity index (χ4v) is 4.67. The van der Waals surface area contributed by atoms with Gasteiger partial charge in [-0.3, -0.25) is 4.68 Å². The summed E-state index contributed by atoms with van der Waals surface area (Å²) in [6, 6.07) is 4.81. The Balaban J connectivity index is 1.92. The van der Waals surface area contributed by atoms with Crippen LogP contribution < -0.4 is 0 Å². The van der Waals surface area contributed by atoms with Crippen molar-refractivity contribution in [2.75, 3.05) is 19.7 Å². The number of aliphatic hydroxyl groups excluding tert-OH is 1. The predicted octanol–water partition coefficient (Wildman–Crippen LogP) is 0.827. The molecule has 0 radical (unpaired) electrons. The highest BCUT2D eigenvalue weighted by atomic mass is 32.2. The van der Waals surface area contributed by atoms with Gasteiger partial charge in [-0.25, -0.2) is 12.8 Å². The maximum Gasteiger partial charge on any atom is 0.243 e. The Kier molecular flexibility index (Phi) is 4.60. The number of aromatic nitrogens is 2. The van der Waals surface area contributed by atoms with Crippen molar-refractivity contribution in [1.29, 1.82) is 5.26 Å². The molecule has 1 N–H and O–H groups in total. The van der Waals surface area contributed by atoms with Crippen LogP contribution in [0, 0.1) is 23.1 Å². The summed E-state index contributed by atoms with van der Waals surface area (Å²) in [6.07, 6.45) is 3.46. The van der Waals surface area contributed by atoms with Crippen LogP contribution in [-0.2, 0) is 17.1 Å². The molecule has 2 heterocycles. The second kappa shape index (κ2) is 6.55. The van der Waals surface area contributed by atoms with Gasteiger partial charge in [-0.2, -0.15) is 14.7 Å². The van der Waals surface area contributed by atoms with Crippen molar-refractivity contribution in [3.8, 4) is 6.07 Å². The van der Waals surface area contributed by atoms with Gasteiger partial charge < -0.3 is 5.11 Å². The molecule has 1 aromatic heterocycles. The van der Waals surface area contributed by atoms with Crippen molar-refractivity contribution >= 4 is 10.0 Å². The van der Waals surface area contributed by atoms with E-state index in [1.54, 1.807) is 30.2 Å². The molecule has 1 aromatic carbocycles. The summed E-state index contributed by atoms with van der Waals surface area (Å²) in [7, 11) is -2.12. The minimum absolute atomic E-state index is 0.131. The fourth-order valence-electron chi connectivity index (χ4n) is 3.12. The Morgan fingerprint density at radius 2 is 2.20 bits per heavy atom. The van der Waals surface area contributed by atoms with Crippen molar-refractivity contribution < 1.29 is 17.9 Å². The van der Waals surface area contributed by atoms with E-state index >= 15 is 0 Å². The van der Waals surface area contributed by atoms with Gasteiger partial charge in [-0.05, 0) is 23.8 Å². The third-order valence-corrected chi connectivity index (χ3v) is 6.32. The molecule has 0 bridgehead atoms. The summed E-state index contributed by atoms with van der Waals surface area (Å²) in [6.45, 7) is 0.189. The van der Waals surface area contributed by atoms with Crippen LogP contribution in [0.25, 0.3) is 0 Å². The van der Waals surface area contributed by atoms with Gasteiger partial charge in [0, 0.05) is 44.8 Å². The molecule has 0 saturated carbocycles. The average Bonchev–Trinajstić information content (AvgIpc) is 3.21. The summed E-state index contributed by atoms with van der Waals surface area (Å²) >= 11 is 0. The third kappa shape index (κ3) is 3.16. The number of nitrogens with zero attached hydrogens (tertiary/aromatic N) is 4. The number of halogens is 1. The number of hydrogen-bond donors (Lipinski definition) is 1. The standard InChI is InChI=1S/C16H17FN4O3S/c1-20-7-12(6-19-20)15-9-21(8-13(15)10-22)25(23,24)14-2-3-16(17)11(4-14)5-18/h2-4,6-7,13,15,22H,8-10H2,1H3/t13-,15-/m0/s1. The first-order valence-corrected chi connectivity index (χ1v) is 9.10. The van der Waals surface area contributed by atoms with E-state index in [-0.39, 0.29) is 42.0 Å². The Labute approximate surface area is 145 Å². The van der Waals surface area contributed by atoms with Crippen molar-refractivity contribution in [2.45, 2.75) is 10.8 Å². The Morgan fingerprint density at radius 3 is 2.80 bits per heavy atom. The molecule has 9 heteroatoms. The molecule has 2 aromatic rings. The second-order valence-electron chi connectivity index (χ2n) is 6.07. The Hall–Kier alpha value is -2.28. The molecule has 1 aliphatic heterocycles.